The molecule has 5 nitrogen and oxygen atoms in total. The standard InChI is InChI=1S/C19H16N4O/c1-12-2-6-15-11-22-19(21)16(17(15)10-12)9-5-13-3-7-14(8-4-13)18(20)23-24/h2-4,6-8,10-11,24H,1H3,(H2,20,23)(H2,21,22). The molecule has 24 heavy (non-hydrogen) atoms. The van der Waals surface area contributed by atoms with Gasteiger partial charge in [0.15, 0.2) is 5.84 Å². The number of aryl methyl sites for hydroxylation is 1. The number of hydrogen-bond donors (Lipinski definition) is 3. The maximum Gasteiger partial charge on any atom is 0.170 e. The van der Waals surface area contributed by atoms with E-state index < -0.39 is 0 Å². The molecule has 0 aliphatic rings. The predicted octanol–water partition coefficient (Wildman–Crippen LogP) is 2.62. The molecule has 0 amide bonds. The van der Waals surface area contributed by atoms with Crippen LogP contribution in [0.5, 0.6) is 0 Å². The van der Waals surface area contributed by atoms with Crippen molar-refractivity contribution in [1.82, 2.24) is 4.98 Å². The fourth-order valence-electron chi connectivity index (χ4n) is 2.39. The molecule has 0 unspecified atom stereocenters. The van der Waals surface area contributed by atoms with E-state index in [1.165, 1.54) is 0 Å². The van der Waals surface area contributed by atoms with Gasteiger partial charge in [0.1, 0.15) is 5.82 Å². The maximum absolute atomic E-state index is 8.68. The van der Waals surface area contributed by atoms with Crippen LogP contribution in [0.15, 0.2) is 53.8 Å². The van der Waals surface area contributed by atoms with Crippen molar-refractivity contribution < 1.29 is 5.21 Å². The molecule has 0 fully saturated rings. The van der Waals surface area contributed by atoms with Gasteiger partial charge in [0, 0.05) is 28.1 Å². The van der Waals surface area contributed by atoms with Gasteiger partial charge in [0.05, 0.1) is 5.56 Å². The van der Waals surface area contributed by atoms with E-state index in [-0.39, 0.29) is 5.84 Å². The van der Waals surface area contributed by atoms with Crippen molar-refractivity contribution in [2.24, 2.45) is 10.9 Å². The molecule has 0 atom stereocenters. The molecule has 3 rings (SSSR count). The van der Waals surface area contributed by atoms with E-state index in [2.05, 4.69) is 28.0 Å². The van der Waals surface area contributed by atoms with Crippen LogP contribution in [0, 0.1) is 18.8 Å². The Kier molecular flexibility index (Phi) is 4.04. The Morgan fingerprint density at radius 1 is 1.12 bits per heavy atom. The van der Waals surface area contributed by atoms with Gasteiger partial charge in [-0.15, -0.1) is 0 Å². The first-order valence-electron chi connectivity index (χ1n) is 7.33. The highest BCUT2D eigenvalue weighted by molar-refractivity contribution is 5.97. The molecule has 5 heteroatoms. The van der Waals surface area contributed by atoms with Gasteiger partial charge in [-0.2, -0.15) is 0 Å². The summed E-state index contributed by atoms with van der Waals surface area (Å²) in [6.07, 6.45) is 1.75. The number of aromatic nitrogens is 1. The second kappa shape index (κ2) is 6.31. The molecule has 0 radical (unpaired) electrons. The van der Waals surface area contributed by atoms with Gasteiger partial charge in [0.25, 0.3) is 0 Å². The molecule has 0 aliphatic carbocycles. The molecule has 0 bridgehead atoms. The molecule has 0 aliphatic heterocycles. The largest absolute Gasteiger partial charge is 0.409 e. The Balaban J connectivity index is 2.03. The van der Waals surface area contributed by atoms with Crippen molar-refractivity contribution in [3.8, 4) is 11.8 Å². The molecule has 118 valence electrons. The zero-order valence-corrected chi connectivity index (χ0v) is 13.1. The lowest BCUT2D eigenvalue weighted by molar-refractivity contribution is 0.318. The average Bonchev–Trinajstić information content (AvgIpc) is 2.60. The van der Waals surface area contributed by atoms with Gasteiger partial charge in [-0.3, -0.25) is 0 Å². The van der Waals surface area contributed by atoms with E-state index in [1.54, 1.807) is 30.5 Å². The summed E-state index contributed by atoms with van der Waals surface area (Å²) in [6.45, 7) is 2.03. The van der Waals surface area contributed by atoms with E-state index >= 15 is 0 Å². The molecule has 1 aromatic heterocycles. The van der Waals surface area contributed by atoms with Gasteiger partial charge in [-0.05, 0) is 37.3 Å². The summed E-state index contributed by atoms with van der Waals surface area (Å²) >= 11 is 0. The van der Waals surface area contributed by atoms with Gasteiger partial charge < -0.3 is 16.7 Å². The number of nitrogens with two attached hydrogens (primary N) is 2. The molecule has 0 saturated carbocycles. The third-order valence-electron chi connectivity index (χ3n) is 3.70. The first-order chi connectivity index (χ1) is 11.6. The summed E-state index contributed by atoms with van der Waals surface area (Å²) in [5.74, 6) is 6.67. The molecule has 2 aromatic carbocycles. The highest BCUT2D eigenvalue weighted by Gasteiger charge is 2.05. The molecule has 3 aromatic rings. The van der Waals surface area contributed by atoms with Crippen LogP contribution in [0.1, 0.15) is 22.3 Å². The van der Waals surface area contributed by atoms with Crippen LogP contribution in [0.25, 0.3) is 10.8 Å². The number of anilines is 1. The fourth-order valence-corrected chi connectivity index (χ4v) is 2.39. The minimum atomic E-state index is 0.0625. The average molecular weight is 316 g/mol. The van der Waals surface area contributed by atoms with Crippen LogP contribution < -0.4 is 11.5 Å². The van der Waals surface area contributed by atoms with Crippen LogP contribution in [-0.4, -0.2) is 16.0 Å². The number of nitrogen functional groups attached to an aromatic ring is 1. The molecule has 5 N–H and O–H groups in total. The van der Waals surface area contributed by atoms with E-state index in [0.29, 0.717) is 11.4 Å². The maximum atomic E-state index is 8.68. The Hall–Kier alpha value is -3.52. The first-order valence-corrected chi connectivity index (χ1v) is 7.33. The van der Waals surface area contributed by atoms with Gasteiger partial charge >= 0.3 is 0 Å². The Labute approximate surface area is 139 Å². The third kappa shape index (κ3) is 2.99. The zero-order chi connectivity index (χ0) is 17.1. The Morgan fingerprint density at radius 2 is 1.88 bits per heavy atom. The Morgan fingerprint density at radius 3 is 2.58 bits per heavy atom. The summed E-state index contributed by atoms with van der Waals surface area (Å²) in [6, 6.07) is 13.2. The van der Waals surface area contributed by atoms with Crippen LogP contribution in [-0.2, 0) is 0 Å². The van der Waals surface area contributed by atoms with Crippen LogP contribution in [0.4, 0.5) is 5.82 Å². The molecular weight excluding hydrogens is 300 g/mol. The predicted molar refractivity (Wildman–Crippen MR) is 95.8 cm³/mol. The number of fused-ring (bicyclic) bond motifs is 1. The Bertz CT molecular complexity index is 990. The number of hydrogen-bond acceptors (Lipinski definition) is 4. The zero-order valence-electron chi connectivity index (χ0n) is 13.1. The molecule has 0 spiro atoms. The topological polar surface area (TPSA) is 97.5 Å². The lowest BCUT2D eigenvalue weighted by Crippen LogP contribution is -2.12. The minimum Gasteiger partial charge on any atom is -0.409 e. The third-order valence-corrected chi connectivity index (χ3v) is 3.70. The van der Waals surface area contributed by atoms with E-state index in [0.717, 1.165) is 27.5 Å². The summed E-state index contributed by atoms with van der Waals surface area (Å²) in [4.78, 5) is 4.21. The fraction of sp³-hybridized carbons (Fsp3) is 0.0526. The van der Waals surface area contributed by atoms with E-state index in [9.17, 15) is 0 Å². The number of amidine groups is 1. The van der Waals surface area contributed by atoms with E-state index in [1.807, 2.05) is 19.1 Å². The van der Waals surface area contributed by atoms with Crippen molar-refractivity contribution in [3.63, 3.8) is 0 Å². The van der Waals surface area contributed by atoms with Crippen molar-refractivity contribution in [3.05, 3.63) is 70.9 Å². The lowest BCUT2D eigenvalue weighted by Gasteiger charge is -2.04. The highest BCUT2D eigenvalue weighted by atomic mass is 16.4. The normalized spacial score (nSPS) is 11.1. The first kappa shape index (κ1) is 15.4. The minimum absolute atomic E-state index is 0.0625. The van der Waals surface area contributed by atoms with Crippen molar-refractivity contribution in [2.45, 2.75) is 6.92 Å². The SMILES string of the molecule is Cc1ccc2cnc(N)c(C#Cc3ccc(/C(N)=N/O)cc3)c2c1. The van der Waals surface area contributed by atoms with Crippen molar-refractivity contribution >= 4 is 22.4 Å². The highest BCUT2D eigenvalue weighted by Crippen LogP contribution is 2.22. The summed E-state index contributed by atoms with van der Waals surface area (Å²) in [5, 5.41) is 13.6. The molecule has 1 heterocycles. The van der Waals surface area contributed by atoms with E-state index in [4.69, 9.17) is 16.7 Å². The summed E-state index contributed by atoms with van der Waals surface area (Å²) in [5.41, 5.74) is 14.8. The summed E-state index contributed by atoms with van der Waals surface area (Å²) in [7, 11) is 0. The number of oxime groups is 1. The molecule has 0 saturated heterocycles. The summed E-state index contributed by atoms with van der Waals surface area (Å²) < 4.78 is 0. The number of nitrogens with zero attached hydrogens (tertiary/aromatic N) is 2. The van der Waals surface area contributed by atoms with Crippen LogP contribution >= 0.6 is 0 Å². The smallest absolute Gasteiger partial charge is 0.170 e. The van der Waals surface area contributed by atoms with Crippen LogP contribution in [0.3, 0.4) is 0 Å². The van der Waals surface area contributed by atoms with Crippen molar-refractivity contribution in [1.29, 1.82) is 0 Å². The van der Waals surface area contributed by atoms with Gasteiger partial charge in [0.2, 0.25) is 0 Å². The quantitative estimate of drug-likeness (QED) is 0.211. The number of benzene rings is 2. The second-order valence-electron chi connectivity index (χ2n) is 5.42. The lowest BCUT2D eigenvalue weighted by atomic mass is 10.0. The second-order valence-corrected chi connectivity index (χ2v) is 5.42. The van der Waals surface area contributed by atoms with Crippen molar-refractivity contribution in [2.75, 3.05) is 5.73 Å². The number of rotatable bonds is 1. The monoisotopic (exact) mass is 316 g/mol. The number of pyridine rings is 1. The van der Waals surface area contributed by atoms with Crippen LogP contribution in [0.2, 0.25) is 0 Å². The molecular formula is C19H16N4O. The van der Waals surface area contributed by atoms with Gasteiger partial charge in [-0.1, -0.05) is 34.7 Å². The van der Waals surface area contributed by atoms with Gasteiger partial charge in [-0.25, -0.2) is 4.98 Å².